The summed E-state index contributed by atoms with van der Waals surface area (Å²) in [6, 6.07) is 8.93. The van der Waals surface area contributed by atoms with Crippen LogP contribution in [0.3, 0.4) is 0 Å². The molecule has 0 spiro atoms. The van der Waals surface area contributed by atoms with Gasteiger partial charge in [-0.05, 0) is 36.2 Å². The zero-order chi connectivity index (χ0) is 16.1. The highest BCUT2D eigenvalue weighted by atomic mass is 16.5. The molecule has 0 bridgehead atoms. The zero-order valence-corrected chi connectivity index (χ0v) is 12.7. The molecular formula is C17H18N4O2. The Morgan fingerprint density at radius 2 is 2.17 bits per heavy atom. The molecule has 0 unspecified atom stereocenters. The summed E-state index contributed by atoms with van der Waals surface area (Å²) in [5, 5.41) is 18.9. The van der Waals surface area contributed by atoms with Gasteiger partial charge < -0.3 is 9.84 Å². The number of rotatable bonds is 5. The van der Waals surface area contributed by atoms with Gasteiger partial charge in [-0.1, -0.05) is 0 Å². The Labute approximate surface area is 135 Å². The van der Waals surface area contributed by atoms with E-state index in [0.717, 1.165) is 25.2 Å². The van der Waals surface area contributed by atoms with Gasteiger partial charge in [0.15, 0.2) is 0 Å². The maximum Gasteiger partial charge on any atom is 0.119 e. The van der Waals surface area contributed by atoms with Crippen molar-refractivity contribution in [3.8, 4) is 11.8 Å². The number of aromatic nitrogens is 2. The molecule has 1 aromatic carbocycles. The third kappa shape index (κ3) is 4.03. The van der Waals surface area contributed by atoms with Crippen LogP contribution in [-0.2, 0) is 13.0 Å². The molecule has 2 heterocycles. The van der Waals surface area contributed by atoms with Gasteiger partial charge in [0.2, 0.25) is 0 Å². The van der Waals surface area contributed by atoms with E-state index in [2.05, 4.69) is 20.9 Å². The summed E-state index contributed by atoms with van der Waals surface area (Å²) >= 11 is 0. The number of benzene rings is 1. The molecule has 1 aliphatic heterocycles. The molecule has 0 amide bonds. The molecule has 1 N–H and O–H groups in total. The van der Waals surface area contributed by atoms with Gasteiger partial charge >= 0.3 is 0 Å². The normalized spacial score (nSPS) is 15.5. The zero-order valence-electron chi connectivity index (χ0n) is 12.7. The molecule has 2 aromatic rings. The van der Waals surface area contributed by atoms with Crippen molar-refractivity contribution in [3.63, 3.8) is 0 Å². The quantitative estimate of drug-likeness (QED) is 0.892. The molecule has 0 aliphatic carbocycles. The van der Waals surface area contributed by atoms with Crippen LogP contribution in [-0.4, -0.2) is 45.8 Å². The van der Waals surface area contributed by atoms with Gasteiger partial charge in [0, 0.05) is 25.8 Å². The number of hydrogen-bond acceptors (Lipinski definition) is 6. The van der Waals surface area contributed by atoms with Crippen molar-refractivity contribution >= 4 is 0 Å². The third-order valence-corrected chi connectivity index (χ3v) is 3.85. The topological polar surface area (TPSA) is 82.3 Å². The molecular weight excluding hydrogens is 292 g/mol. The maximum absolute atomic E-state index is 10.2. The van der Waals surface area contributed by atoms with E-state index in [-0.39, 0.29) is 6.61 Å². The van der Waals surface area contributed by atoms with E-state index < -0.39 is 6.10 Å². The van der Waals surface area contributed by atoms with E-state index in [1.54, 1.807) is 30.6 Å². The molecule has 6 heteroatoms. The molecule has 1 aliphatic rings. The minimum atomic E-state index is -0.575. The second kappa shape index (κ2) is 7.18. The van der Waals surface area contributed by atoms with Crippen LogP contribution in [0.25, 0.3) is 0 Å². The number of hydrogen-bond donors (Lipinski definition) is 1. The van der Waals surface area contributed by atoms with Crippen molar-refractivity contribution in [1.82, 2.24) is 14.9 Å². The Kier molecular flexibility index (Phi) is 4.81. The summed E-state index contributed by atoms with van der Waals surface area (Å²) in [4.78, 5) is 10.5. The first kappa shape index (κ1) is 15.4. The number of aliphatic hydroxyl groups excluding tert-OH is 1. The Morgan fingerprint density at radius 1 is 1.35 bits per heavy atom. The predicted molar refractivity (Wildman–Crippen MR) is 83.7 cm³/mol. The minimum absolute atomic E-state index is 0.221. The van der Waals surface area contributed by atoms with Crippen molar-refractivity contribution in [3.05, 3.63) is 53.6 Å². The maximum atomic E-state index is 10.2. The van der Waals surface area contributed by atoms with Gasteiger partial charge in [-0.15, -0.1) is 0 Å². The first-order valence-electron chi connectivity index (χ1n) is 7.56. The Balaban J connectivity index is 1.48. The van der Waals surface area contributed by atoms with Crippen LogP contribution in [0.15, 0.2) is 36.8 Å². The summed E-state index contributed by atoms with van der Waals surface area (Å²) in [5.41, 5.74) is 2.81. The first-order chi connectivity index (χ1) is 11.2. The van der Waals surface area contributed by atoms with Crippen molar-refractivity contribution in [2.24, 2.45) is 0 Å². The smallest absolute Gasteiger partial charge is 0.119 e. The fraction of sp³-hybridized carbons (Fsp3) is 0.353. The van der Waals surface area contributed by atoms with Crippen LogP contribution in [0.4, 0.5) is 0 Å². The lowest BCUT2D eigenvalue weighted by molar-refractivity contribution is 0.0632. The van der Waals surface area contributed by atoms with E-state index in [1.165, 1.54) is 5.56 Å². The third-order valence-electron chi connectivity index (χ3n) is 3.85. The molecule has 1 atom stereocenters. The van der Waals surface area contributed by atoms with Gasteiger partial charge in [-0.2, -0.15) is 5.26 Å². The number of ether oxygens (including phenoxy) is 1. The van der Waals surface area contributed by atoms with E-state index >= 15 is 0 Å². The number of nitrogens with zero attached hydrogens (tertiary/aromatic N) is 4. The fourth-order valence-electron chi connectivity index (χ4n) is 2.63. The van der Waals surface area contributed by atoms with Crippen molar-refractivity contribution in [2.75, 3.05) is 19.7 Å². The van der Waals surface area contributed by atoms with E-state index in [4.69, 9.17) is 10.00 Å². The predicted octanol–water partition coefficient (Wildman–Crippen LogP) is 1.15. The standard InChI is InChI=1S/C17H18N4O2/c18-7-13-1-3-16(4-2-13)23-11-15(22)9-21-6-5-14-8-19-12-20-17(14)10-21/h1-4,8,12,15,22H,5-6,9-11H2/t15-/m0/s1. The lowest BCUT2D eigenvalue weighted by atomic mass is 10.1. The SMILES string of the molecule is N#Cc1ccc(OC[C@@H](O)CN2CCc3cncnc3C2)cc1. The van der Waals surface area contributed by atoms with Gasteiger partial charge in [-0.25, -0.2) is 9.97 Å². The van der Waals surface area contributed by atoms with Gasteiger partial charge in [0.25, 0.3) is 0 Å². The van der Waals surface area contributed by atoms with Crippen LogP contribution >= 0.6 is 0 Å². The number of aliphatic hydroxyl groups is 1. The second-order valence-corrected chi connectivity index (χ2v) is 5.58. The largest absolute Gasteiger partial charge is 0.491 e. The van der Waals surface area contributed by atoms with Gasteiger partial charge in [0.1, 0.15) is 24.8 Å². The summed E-state index contributed by atoms with van der Waals surface area (Å²) in [6.07, 6.45) is 3.75. The van der Waals surface area contributed by atoms with Crippen molar-refractivity contribution in [2.45, 2.75) is 19.1 Å². The van der Waals surface area contributed by atoms with E-state index in [1.807, 2.05) is 6.20 Å². The van der Waals surface area contributed by atoms with Crippen molar-refractivity contribution in [1.29, 1.82) is 5.26 Å². The molecule has 1 aromatic heterocycles. The average molecular weight is 310 g/mol. The lowest BCUT2D eigenvalue weighted by Gasteiger charge is -2.29. The molecule has 118 valence electrons. The van der Waals surface area contributed by atoms with Crippen LogP contribution in [0, 0.1) is 11.3 Å². The summed E-state index contributed by atoms with van der Waals surface area (Å²) < 4.78 is 5.57. The van der Waals surface area contributed by atoms with Crippen LogP contribution in [0.1, 0.15) is 16.8 Å². The fourth-order valence-corrected chi connectivity index (χ4v) is 2.63. The molecule has 0 fully saturated rings. The number of nitriles is 1. The molecule has 0 radical (unpaired) electrons. The Morgan fingerprint density at radius 3 is 2.96 bits per heavy atom. The average Bonchev–Trinajstić information content (AvgIpc) is 2.60. The number of β-amino-alcohol motifs (C(OH)–C–C–N with tert-alkyl or cyclic N) is 1. The van der Waals surface area contributed by atoms with Gasteiger partial charge in [0.05, 0.1) is 17.3 Å². The highest BCUT2D eigenvalue weighted by Crippen LogP contribution is 2.16. The van der Waals surface area contributed by atoms with Crippen LogP contribution in [0.2, 0.25) is 0 Å². The van der Waals surface area contributed by atoms with Crippen molar-refractivity contribution < 1.29 is 9.84 Å². The lowest BCUT2D eigenvalue weighted by Crippen LogP contribution is -2.39. The molecule has 0 saturated heterocycles. The van der Waals surface area contributed by atoms with Gasteiger partial charge in [-0.3, -0.25) is 4.90 Å². The molecule has 6 nitrogen and oxygen atoms in total. The van der Waals surface area contributed by atoms with Crippen LogP contribution in [0.5, 0.6) is 5.75 Å². The monoisotopic (exact) mass is 310 g/mol. The minimum Gasteiger partial charge on any atom is -0.491 e. The second-order valence-electron chi connectivity index (χ2n) is 5.58. The summed E-state index contributed by atoms with van der Waals surface area (Å²) in [5.74, 6) is 0.653. The van der Waals surface area contributed by atoms with E-state index in [0.29, 0.717) is 17.9 Å². The first-order valence-corrected chi connectivity index (χ1v) is 7.56. The van der Waals surface area contributed by atoms with E-state index in [9.17, 15) is 5.11 Å². The highest BCUT2D eigenvalue weighted by molar-refractivity contribution is 5.34. The number of fused-ring (bicyclic) bond motifs is 1. The Hall–Kier alpha value is -2.49. The molecule has 3 rings (SSSR count). The van der Waals surface area contributed by atoms with Crippen LogP contribution < -0.4 is 4.74 Å². The Bertz CT molecular complexity index is 696. The highest BCUT2D eigenvalue weighted by Gasteiger charge is 2.19. The summed E-state index contributed by atoms with van der Waals surface area (Å²) in [7, 11) is 0. The molecule has 0 saturated carbocycles. The molecule has 23 heavy (non-hydrogen) atoms. The summed E-state index contributed by atoms with van der Waals surface area (Å²) in [6.45, 7) is 2.37.